The Bertz CT molecular complexity index is 1010. The second-order valence-corrected chi connectivity index (χ2v) is 7.05. The third kappa shape index (κ3) is 3.89. The van der Waals surface area contributed by atoms with E-state index in [2.05, 4.69) is 15.5 Å². The molecule has 0 aliphatic carbocycles. The summed E-state index contributed by atoms with van der Waals surface area (Å²) >= 11 is 0. The standard InChI is InChI=1S/C21H22N4O3/c26-16-8-10-25(11-9-16)21(28)14-4-3-5-15(12-14)22-20(27)13-19-17-6-1-2-7-18(17)23-24-19/h1-7,12,16,26H,8-11,13H2,(H,22,27)(H,23,24). The minimum absolute atomic E-state index is 0.0810. The van der Waals surface area contributed by atoms with Gasteiger partial charge >= 0.3 is 0 Å². The number of hydrogen-bond donors (Lipinski definition) is 3. The number of aliphatic hydroxyl groups is 1. The number of anilines is 1. The number of benzene rings is 2. The first kappa shape index (κ1) is 18.2. The molecule has 7 nitrogen and oxygen atoms in total. The van der Waals surface area contributed by atoms with E-state index in [1.807, 2.05) is 24.3 Å². The van der Waals surface area contributed by atoms with Crippen molar-refractivity contribution in [1.82, 2.24) is 15.1 Å². The number of carbonyl (C=O) groups excluding carboxylic acids is 2. The normalized spacial score (nSPS) is 15.0. The molecule has 0 atom stereocenters. The smallest absolute Gasteiger partial charge is 0.253 e. The van der Waals surface area contributed by atoms with Gasteiger partial charge in [-0.1, -0.05) is 24.3 Å². The predicted octanol–water partition coefficient (Wildman–Crippen LogP) is 2.34. The molecule has 1 aliphatic rings. The van der Waals surface area contributed by atoms with Gasteiger partial charge in [-0.15, -0.1) is 0 Å². The fraction of sp³-hybridized carbons (Fsp3) is 0.286. The van der Waals surface area contributed by atoms with Crippen LogP contribution in [-0.2, 0) is 11.2 Å². The van der Waals surface area contributed by atoms with Crippen LogP contribution in [0, 0.1) is 0 Å². The maximum Gasteiger partial charge on any atom is 0.253 e. The van der Waals surface area contributed by atoms with Crippen LogP contribution < -0.4 is 5.32 Å². The molecule has 1 saturated heterocycles. The van der Waals surface area contributed by atoms with Gasteiger partial charge in [0.15, 0.2) is 0 Å². The molecule has 0 saturated carbocycles. The van der Waals surface area contributed by atoms with E-state index >= 15 is 0 Å². The van der Waals surface area contributed by atoms with Crippen molar-refractivity contribution in [3.05, 3.63) is 59.8 Å². The molecule has 2 heterocycles. The average molecular weight is 378 g/mol. The van der Waals surface area contributed by atoms with Crippen LogP contribution in [0.2, 0.25) is 0 Å². The highest BCUT2D eigenvalue weighted by molar-refractivity contribution is 5.98. The number of piperidine rings is 1. The lowest BCUT2D eigenvalue weighted by molar-refractivity contribution is -0.115. The van der Waals surface area contributed by atoms with Crippen molar-refractivity contribution in [2.75, 3.05) is 18.4 Å². The molecule has 144 valence electrons. The second kappa shape index (κ2) is 7.82. The molecular weight excluding hydrogens is 356 g/mol. The number of hydrogen-bond acceptors (Lipinski definition) is 4. The minimum atomic E-state index is -0.326. The summed E-state index contributed by atoms with van der Waals surface area (Å²) in [7, 11) is 0. The van der Waals surface area contributed by atoms with Gasteiger partial charge in [-0.25, -0.2) is 0 Å². The Morgan fingerprint density at radius 3 is 2.75 bits per heavy atom. The Balaban J connectivity index is 1.43. The second-order valence-electron chi connectivity index (χ2n) is 7.05. The number of likely N-dealkylation sites (tertiary alicyclic amines) is 1. The number of amides is 2. The summed E-state index contributed by atoms with van der Waals surface area (Å²) in [6.45, 7) is 1.09. The van der Waals surface area contributed by atoms with E-state index in [0.29, 0.717) is 37.2 Å². The Kier molecular flexibility index (Phi) is 5.08. The lowest BCUT2D eigenvalue weighted by atomic mass is 10.1. The summed E-state index contributed by atoms with van der Waals surface area (Å²) in [6.07, 6.45) is 1.04. The molecule has 3 N–H and O–H groups in total. The molecule has 1 aromatic heterocycles. The fourth-order valence-electron chi connectivity index (χ4n) is 3.50. The number of H-pyrrole nitrogens is 1. The van der Waals surface area contributed by atoms with Crippen molar-refractivity contribution in [1.29, 1.82) is 0 Å². The van der Waals surface area contributed by atoms with Gasteiger partial charge in [0.2, 0.25) is 5.91 Å². The summed E-state index contributed by atoms with van der Waals surface area (Å²) in [4.78, 5) is 26.9. The van der Waals surface area contributed by atoms with E-state index in [4.69, 9.17) is 0 Å². The van der Waals surface area contributed by atoms with Gasteiger partial charge in [0.05, 0.1) is 23.7 Å². The zero-order valence-electron chi connectivity index (χ0n) is 15.4. The Morgan fingerprint density at radius 1 is 1.14 bits per heavy atom. The van der Waals surface area contributed by atoms with Crippen LogP contribution in [0.5, 0.6) is 0 Å². The Hall–Kier alpha value is -3.19. The lowest BCUT2D eigenvalue weighted by Gasteiger charge is -2.29. The first-order chi connectivity index (χ1) is 13.6. The van der Waals surface area contributed by atoms with Crippen LogP contribution in [0.1, 0.15) is 28.9 Å². The van der Waals surface area contributed by atoms with Crippen molar-refractivity contribution in [3.8, 4) is 0 Å². The molecule has 0 spiro atoms. The summed E-state index contributed by atoms with van der Waals surface area (Å²) < 4.78 is 0. The van der Waals surface area contributed by atoms with Crippen LogP contribution in [0.3, 0.4) is 0 Å². The largest absolute Gasteiger partial charge is 0.393 e. The van der Waals surface area contributed by atoms with Crippen molar-refractivity contribution < 1.29 is 14.7 Å². The highest BCUT2D eigenvalue weighted by Gasteiger charge is 2.22. The quantitative estimate of drug-likeness (QED) is 0.649. The topological polar surface area (TPSA) is 98.3 Å². The van der Waals surface area contributed by atoms with Crippen molar-refractivity contribution in [3.63, 3.8) is 0 Å². The van der Waals surface area contributed by atoms with Crippen LogP contribution in [0.15, 0.2) is 48.5 Å². The molecule has 7 heteroatoms. The van der Waals surface area contributed by atoms with E-state index < -0.39 is 0 Å². The number of aromatic nitrogens is 2. The maximum atomic E-state index is 12.7. The number of aliphatic hydroxyl groups excluding tert-OH is 1. The molecule has 1 fully saturated rings. The highest BCUT2D eigenvalue weighted by Crippen LogP contribution is 2.18. The third-order valence-electron chi connectivity index (χ3n) is 5.02. The van der Waals surface area contributed by atoms with Gasteiger partial charge in [0.1, 0.15) is 0 Å². The number of nitrogens with one attached hydrogen (secondary N) is 2. The SMILES string of the molecule is O=C(Cc1[nH]nc2ccccc12)Nc1cccc(C(=O)N2CCC(O)CC2)c1. The van der Waals surface area contributed by atoms with Crippen molar-refractivity contribution in [2.45, 2.75) is 25.4 Å². The number of fused-ring (bicyclic) bond motifs is 1. The zero-order chi connectivity index (χ0) is 19.5. The average Bonchev–Trinajstić information content (AvgIpc) is 3.11. The van der Waals surface area contributed by atoms with Gasteiger partial charge < -0.3 is 15.3 Å². The molecule has 2 aromatic carbocycles. The number of rotatable bonds is 4. The van der Waals surface area contributed by atoms with Crippen LogP contribution in [0.25, 0.3) is 10.9 Å². The van der Waals surface area contributed by atoms with Crippen LogP contribution in [0.4, 0.5) is 5.69 Å². The fourth-order valence-corrected chi connectivity index (χ4v) is 3.50. The van der Waals surface area contributed by atoms with E-state index in [1.165, 1.54) is 0 Å². The number of aromatic amines is 1. The van der Waals surface area contributed by atoms with Crippen LogP contribution in [-0.4, -0.2) is 51.2 Å². The molecule has 0 unspecified atom stereocenters. The first-order valence-corrected chi connectivity index (χ1v) is 9.39. The highest BCUT2D eigenvalue weighted by atomic mass is 16.3. The Morgan fingerprint density at radius 2 is 1.93 bits per heavy atom. The van der Waals surface area contributed by atoms with Crippen molar-refractivity contribution >= 4 is 28.4 Å². The lowest BCUT2D eigenvalue weighted by Crippen LogP contribution is -2.40. The minimum Gasteiger partial charge on any atom is -0.393 e. The molecule has 3 aromatic rings. The molecule has 2 amide bonds. The van der Waals surface area contributed by atoms with Gasteiger partial charge in [-0.2, -0.15) is 5.10 Å². The monoisotopic (exact) mass is 378 g/mol. The summed E-state index contributed by atoms with van der Waals surface area (Å²) in [5, 5.41) is 20.5. The number of nitrogens with zero attached hydrogens (tertiary/aromatic N) is 2. The van der Waals surface area contributed by atoms with E-state index in [9.17, 15) is 14.7 Å². The maximum absolute atomic E-state index is 12.7. The molecule has 0 bridgehead atoms. The summed E-state index contributed by atoms with van der Waals surface area (Å²) in [5.74, 6) is -0.261. The zero-order valence-corrected chi connectivity index (χ0v) is 15.4. The molecular formula is C21H22N4O3. The van der Waals surface area contributed by atoms with E-state index in [1.54, 1.807) is 29.2 Å². The van der Waals surface area contributed by atoms with E-state index in [0.717, 1.165) is 16.6 Å². The molecule has 4 rings (SSSR count). The molecule has 28 heavy (non-hydrogen) atoms. The van der Waals surface area contributed by atoms with Gasteiger partial charge in [-0.05, 0) is 37.1 Å². The van der Waals surface area contributed by atoms with Crippen LogP contribution >= 0.6 is 0 Å². The summed E-state index contributed by atoms with van der Waals surface area (Å²) in [6, 6.07) is 14.6. The summed E-state index contributed by atoms with van der Waals surface area (Å²) in [5.41, 5.74) is 2.69. The number of carbonyl (C=O) groups is 2. The van der Waals surface area contributed by atoms with Gasteiger partial charge in [0, 0.05) is 29.7 Å². The van der Waals surface area contributed by atoms with Gasteiger partial charge in [-0.3, -0.25) is 14.7 Å². The predicted molar refractivity (Wildman–Crippen MR) is 106 cm³/mol. The Labute approximate surface area is 162 Å². The molecule has 0 radical (unpaired) electrons. The molecule has 1 aliphatic heterocycles. The number of para-hydroxylation sites is 1. The third-order valence-corrected chi connectivity index (χ3v) is 5.02. The van der Waals surface area contributed by atoms with Gasteiger partial charge in [0.25, 0.3) is 5.91 Å². The first-order valence-electron chi connectivity index (χ1n) is 9.39. The van der Waals surface area contributed by atoms with E-state index in [-0.39, 0.29) is 24.3 Å². The van der Waals surface area contributed by atoms with Crippen molar-refractivity contribution in [2.24, 2.45) is 0 Å².